The van der Waals surface area contributed by atoms with E-state index in [-0.39, 0.29) is 18.5 Å². The minimum atomic E-state index is -3.43. The van der Waals surface area contributed by atoms with E-state index in [1.807, 2.05) is 6.92 Å². The molecule has 1 aromatic rings. The van der Waals surface area contributed by atoms with Crippen LogP contribution in [-0.2, 0) is 14.8 Å². The highest BCUT2D eigenvalue weighted by Gasteiger charge is 2.29. The summed E-state index contributed by atoms with van der Waals surface area (Å²) in [5.41, 5.74) is 1.50. The molecule has 0 atom stereocenters. The molecule has 0 unspecified atom stereocenters. The van der Waals surface area contributed by atoms with Gasteiger partial charge in [-0.1, -0.05) is 37.3 Å². The molecule has 0 aromatic heterocycles. The number of aryl methyl sites for hydroxylation is 1. The molecule has 1 aliphatic rings. The van der Waals surface area contributed by atoms with Crippen LogP contribution in [0.5, 0.6) is 0 Å². The van der Waals surface area contributed by atoms with Crippen LogP contribution in [0.4, 0.5) is 5.69 Å². The zero-order chi connectivity index (χ0) is 17.7. The van der Waals surface area contributed by atoms with Crippen LogP contribution >= 0.6 is 11.6 Å². The first-order valence-corrected chi connectivity index (χ1v) is 10.5. The Morgan fingerprint density at radius 3 is 2.42 bits per heavy atom. The lowest BCUT2D eigenvalue weighted by Crippen LogP contribution is -2.44. The first kappa shape index (κ1) is 19.2. The fraction of sp³-hybridized carbons (Fsp3) is 0.588. The summed E-state index contributed by atoms with van der Waals surface area (Å²) in [7, 11) is -3.43. The molecule has 5 nitrogen and oxygen atoms in total. The van der Waals surface area contributed by atoms with Crippen molar-refractivity contribution in [3.63, 3.8) is 0 Å². The zero-order valence-corrected chi connectivity index (χ0v) is 15.8. The van der Waals surface area contributed by atoms with Crippen molar-refractivity contribution in [2.75, 3.05) is 18.1 Å². The van der Waals surface area contributed by atoms with Crippen molar-refractivity contribution < 1.29 is 13.2 Å². The molecular formula is C17H25ClN2O3S. The highest BCUT2D eigenvalue weighted by atomic mass is 35.5. The first-order chi connectivity index (χ1) is 11.3. The van der Waals surface area contributed by atoms with E-state index in [1.54, 1.807) is 18.2 Å². The van der Waals surface area contributed by atoms with Gasteiger partial charge in [0, 0.05) is 16.8 Å². The van der Waals surface area contributed by atoms with E-state index in [9.17, 15) is 13.2 Å². The van der Waals surface area contributed by atoms with Crippen LogP contribution in [0.3, 0.4) is 0 Å². The van der Waals surface area contributed by atoms with Crippen LogP contribution in [0.2, 0.25) is 5.02 Å². The van der Waals surface area contributed by atoms with Crippen molar-refractivity contribution >= 4 is 33.2 Å². The highest BCUT2D eigenvalue weighted by Crippen LogP contribution is 2.24. The number of hydrogen-bond donors (Lipinski definition) is 1. The molecule has 1 N–H and O–H groups in total. The maximum Gasteiger partial charge on any atom is 0.239 e. The van der Waals surface area contributed by atoms with Crippen molar-refractivity contribution in [3.05, 3.63) is 28.8 Å². The Kier molecular flexibility index (Phi) is 6.66. The largest absolute Gasteiger partial charge is 0.325 e. The topological polar surface area (TPSA) is 66.5 Å². The molecule has 0 bridgehead atoms. The average molecular weight is 373 g/mol. The number of anilines is 1. The van der Waals surface area contributed by atoms with Crippen LogP contribution < -0.4 is 5.32 Å². The van der Waals surface area contributed by atoms with E-state index in [2.05, 4.69) is 5.32 Å². The van der Waals surface area contributed by atoms with Crippen LogP contribution in [-0.4, -0.2) is 37.5 Å². The van der Waals surface area contributed by atoms with E-state index in [4.69, 9.17) is 11.6 Å². The molecule has 24 heavy (non-hydrogen) atoms. The molecular weight excluding hydrogens is 348 g/mol. The number of sulfonamides is 1. The molecule has 7 heteroatoms. The summed E-state index contributed by atoms with van der Waals surface area (Å²) in [6.07, 6.45) is 7.09. The third kappa shape index (κ3) is 5.46. The van der Waals surface area contributed by atoms with Gasteiger partial charge in [-0.25, -0.2) is 8.42 Å². The molecule has 1 fully saturated rings. The van der Waals surface area contributed by atoms with E-state index in [0.29, 0.717) is 10.7 Å². The predicted molar refractivity (Wildman–Crippen MR) is 97.9 cm³/mol. The lowest BCUT2D eigenvalue weighted by molar-refractivity contribution is -0.116. The number of nitrogens with zero attached hydrogens (tertiary/aromatic N) is 1. The summed E-state index contributed by atoms with van der Waals surface area (Å²) in [4.78, 5) is 12.4. The number of hydrogen-bond acceptors (Lipinski definition) is 3. The third-order valence-corrected chi connectivity index (χ3v) is 5.93. The zero-order valence-electron chi connectivity index (χ0n) is 14.2. The van der Waals surface area contributed by atoms with Crippen LogP contribution in [0.25, 0.3) is 0 Å². The molecule has 2 rings (SSSR count). The number of halogens is 1. The second-order valence-corrected chi connectivity index (χ2v) is 8.83. The van der Waals surface area contributed by atoms with Gasteiger partial charge in [0.1, 0.15) is 0 Å². The van der Waals surface area contributed by atoms with Gasteiger partial charge >= 0.3 is 0 Å². The van der Waals surface area contributed by atoms with E-state index < -0.39 is 10.0 Å². The third-order valence-electron chi connectivity index (χ3n) is 4.42. The molecule has 1 aromatic carbocycles. The number of carbonyl (C=O) groups excluding carboxylic acids is 1. The number of amides is 1. The summed E-state index contributed by atoms with van der Waals surface area (Å²) >= 11 is 5.91. The van der Waals surface area contributed by atoms with Crippen molar-refractivity contribution in [3.8, 4) is 0 Å². The molecule has 0 radical (unpaired) electrons. The maximum atomic E-state index is 12.4. The summed E-state index contributed by atoms with van der Waals surface area (Å²) in [5.74, 6) is -0.324. The Labute approximate surface area is 149 Å². The van der Waals surface area contributed by atoms with Crippen LogP contribution in [0.15, 0.2) is 18.2 Å². The molecule has 1 amide bonds. The molecule has 1 aliphatic carbocycles. The van der Waals surface area contributed by atoms with Gasteiger partial charge in [-0.3, -0.25) is 4.79 Å². The van der Waals surface area contributed by atoms with Gasteiger partial charge in [-0.05, 0) is 43.5 Å². The first-order valence-electron chi connectivity index (χ1n) is 8.30. The van der Waals surface area contributed by atoms with Crippen LogP contribution in [0, 0.1) is 6.92 Å². The normalized spacial score (nSPS) is 16.8. The minimum Gasteiger partial charge on any atom is -0.325 e. The number of nitrogens with one attached hydrogen (secondary N) is 1. The van der Waals surface area contributed by atoms with Crippen molar-refractivity contribution in [2.45, 2.75) is 51.5 Å². The molecule has 1 saturated carbocycles. The van der Waals surface area contributed by atoms with Gasteiger partial charge in [0.05, 0.1) is 12.8 Å². The fourth-order valence-corrected chi connectivity index (χ4v) is 4.49. The van der Waals surface area contributed by atoms with Gasteiger partial charge in [-0.15, -0.1) is 0 Å². The van der Waals surface area contributed by atoms with E-state index in [1.165, 1.54) is 10.6 Å². The summed E-state index contributed by atoms with van der Waals surface area (Å²) in [6, 6.07) is 5.10. The Balaban J connectivity index is 2.09. The minimum absolute atomic E-state index is 0.0837. The highest BCUT2D eigenvalue weighted by molar-refractivity contribution is 7.88. The second-order valence-electron chi connectivity index (χ2n) is 6.46. The standard InChI is InChI=1S/C17H25ClN2O3S/c1-13-11-14(18)9-10-16(13)19-17(21)12-20(24(2,22)23)15-7-5-3-4-6-8-15/h9-11,15H,3-8,12H2,1-2H3,(H,19,21). The monoisotopic (exact) mass is 372 g/mol. The van der Waals surface area contributed by atoms with E-state index in [0.717, 1.165) is 44.1 Å². The average Bonchev–Trinajstić information content (AvgIpc) is 2.75. The molecule has 0 heterocycles. The Hall–Kier alpha value is -1.11. The van der Waals surface area contributed by atoms with Gasteiger partial charge in [0.15, 0.2) is 0 Å². The summed E-state index contributed by atoms with van der Waals surface area (Å²) in [5, 5.41) is 3.39. The van der Waals surface area contributed by atoms with Crippen molar-refractivity contribution in [1.29, 1.82) is 0 Å². The van der Waals surface area contributed by atoms with Crippen LogP contribution in [0.1, 0.15) is 44.1 Å². The predicted octanol–water partition coefficient (Wildman–Crippen LogP) is 3.57. The van der Waals surface area contributed by atoms with Gasteiger partial charge in [0.25, 0.3) is 0 Å². The molecule has 0 aliphatic heterocycles. The molecule has 0 saturated heterocycles. The van der Waals surface area contributed by atoms with Crippen molar-refractivity contribution in [1.82, 2.24) is 4.31 Å². The Bertz CT molecular complexity index is 683. The number of rotatable bonds is 5. The number of benzene rings is 1. The van der Waals surface area contributed by atoms with Crippen molar-refractivity contribution in [2.24, 2.45) is 0 Å². The van der Waals surface area contributed by atoms with E-state index >= 15 is 0 Å². The smallest absolute Gasteiger partial charge is 0.239 e. The fourth-order valence-electron chi connectivity index (χ4n) is 3.16. The summed E-state index contributed by atoms with van der Waals surface area (Å²) < 4.78 is 25.7. The quantitative estimate of drug-likeness (QED) is 0.803. The molecule has 0 spiro atoms. The maximum absolute atomic E-state index is 12.4. The number of carbonyl (C=O) groups is 1. The Morgan fingerprint density at radius 2 is 1.88 bits per heavy atom. The lowest BCUT2D eigenvalue weighted by Gasteiger charge is -2.28. The molecule has 134 valence electrons. The van der Waals surface area contributed by atoms with Gasteiger partial charge < -0.3 is 5.32 Å². The SMILES string of the molecule is Cc1cc(Cl)ccc1NC(=O)CN(C1CCCCCC1)S(C)(=O)=O. The van der Waals surface area contributed by atoms with Gasteiger partial charge in [0.2, 0.25) is 15.9 Å². The Morgan fingerprint density at radius 1 is 1.25 bits per heavy atom. The second kappa shape index (κ2) is 8.32. The summed E-state index contributed by atoms with van der Waals surface area (Å²) in [6.45, 7) is 1.70. The van der Waals surface area contributed by atoms with Gasteiger partial charge in [-0.2, -0.15) is 4.31 Å². The lowest BCUT2D eigenvalue weighted by atomic mass is 10.1.